The van der Waals surface area contributed by atoms with E-state index >= 15 is 0 Å². The van der Waals surface area contributed by atoms with E-state index in [1.807, 2.05) is 12.1 Å². The molecule has 1 nitrogen and oxygen atoms in total. The van der Waals surface area contributed by atoms with Crippen LogP contribution in [0.3, 0.4) is 0 Å². The quantitative estimate of drug-likeness (QED) is 0.843. The zero-order valence-corrected chi connectivity index (χ0v) is 12.5. The van der Waals surface area contributed by atoms with E-state index in [0.29, 0.717) is 6.04 Å². The fourth-order valence-electron chi connectivity index (χ4n) is 2.56. The molecule has 2 rings (SSSR count). The van der Waals surface area contributed by atoms with Gasteiger partial charge in [-0.2, -0.15) is 0 Å². The van der Waals surface area contributed by atoms with Crippen LogP contribution in [0.5, 0.6) is 0 Å². The Bertz CT molecular complexity index is 374. The molecule has 1 aliphatic carbocycles. The highest BCUT2D eigenvalue weighted by Gasteiger charge is 2.20. The van der Waals surface area contributed by atoms with E-state index in [2.05, 4.69) is 34.2 Å². The van der Waals surface area contributed by atoms with Crippen LogP contribution in [0.15, 0.2) is 22.7 Å². The van der Waals surface area contributed by atoms with Crippen LogP contribution in [0.2, 0.25) is 5.02 Å². The van der Waals surface area contributed by atoms with Gasteiger partial charge in [0, 0.05) is 22.1 Å². The SMILES string of the molecule is C[C@H](NCc1ccc(Br)cc1Cl)C1CCCC1. The number of nitrogens with one attached hydrogen (secondary N) is 1. The van der Waals surface area contributed by atoms with Gasteiger partial charge in [-0.05, 0) is 43.4 Å². The van der Waals surface area contributed by atoms with Crippen LogP contribution >= 0.6 is 27.5 Å². The molecule has 1 aromatic rings. The summed E-state index contributed by atoms with van der Waals surface area (Å²) in [6.07, 6.45) is 5.55. The van der Waals surface area contributed by atoms with Crippen LogP contribution in [-0.4, -0.2) is 6.04 Å². The van der Waals surface area contributed by atoms with Gasteiger partial charge in [0.2, 0.25) is 0 Å². The maximum Gasteiger partial charge on any atom is 0.0462 e. The number of hydrogen-bond donors (Lipinski definition) is 1. The Labute approximate surface area is 117 Å². The van der Waals surface area contributed by atoms with Gasteiger partial charge in [0.25, 0.3) is 0 Å². The van der Waals surface area contributed by atoms with Gasteiger partial charge in [-0.15, -0.1) is 0 Å². The summed E-state index contributed by atoms with van der Waals surface area (Å²) in [6.45, 7) is 3.16. The van der Waals surface area contributed by atoms with E-state index in [1.165, 1.54) is 31.2 Å². The maximum atomic E-state index is 6.20. The lowest BCUT2D eigenvalue weighted by atomic mass is 9.99. The molecule has 0 spiro atoms. The summed E-state index contributed by atoms with van der Waals surface area (Å²) >= 11 is 9.63. The van der Waals surface area contributed by atoms with Crippen LogP contribution in [0, 0.1) is 5.92 Å². The highest BCUT2D eigenvalue weighted by molar-refractivity contribution is 9.10. The van der Waals surface area contributed by atoms with Crippen molar-refractivity contribution in [1.29, 1.82) is 0 Å². The van der Waals surface area contributed by atoms with Gasteiger partial charge in [-0.25, -0.2) is 0 Å². The first kappa shape index (κ1) is 13.4. The Kier molecular flexibility index (Phi) is 4.89. The highest BCUT2D eigenvalue weighted by atomic mass is 79.9. The van der Waals surface area contributed by atoms with Crippen molar-refractivity contribution >= 4 is 27.5 Å². The van der Waals surface area contributed by atoms with Gasteiger partial charge in [0.05, 0.1) is 0 Å². The molecule has 0 aliphatic heterocycles. The molecule has 0 aromatic heterocycles. The van der Waals surface area contributed by atoms with Gasteiger partial charge in [0.1, 0.15) is 0 Å². The van der Waals surface area contributed by atoms with E-state index in [1.54, 1.807) is 0 Å². The monoisotopic (exact) mass is 315 g/mol. The molecule has 1 atom stereocenters. The average molecular weight is 317 g/mol. The first-order valence-electron chi connectivity index (χ1n) is 6.34. The first-order chi connectivity index (χ1) is 8.16. The second kappa shape index (κ2) is 6.21. The number of hydrogen-bond acceptors (Lipinski definition) is 1. The molecule has 0 bridgehead atoms. The lowest BCUT2D eigenvalue weighted by Gasteiger charge is -2.20. The molecule has 1 fully saturated rings. The number of benzene rings is 1. The maximum absolute atomic E-state index is 6.20. The van der Waals surface area contributed by atoms with Crippen molar-refractivity contribution in [3.63, 3.8) is 0 Å². The Hall–Kier alpha value is -0.0500. The Morgan fingerprint density at radius 1 is 1.41 bits per heavy atom. The molecule has 0 heterocycles. The largest absolute Gasteiger partial charge is 0.310 e. The molecule has 0 unspecified atom stereocenters. The summed E-state index contributed by atoms with van der Waals surface area (Å²) in [5, 5.41) is 4.44. The average Bonchev–Trinajstić information content (AvgIpc) is 2.81. The summed E-state index contributed by atoms with van der Waals surface area (Å²) in [6, 6.07) is 6.68. The Morgan fingerprint density at radius 3 is 2.76 bits per heavy atom. The Balaban J connectivity index is 1.88. The van der Waals surface area contributed by atoms with Gasteiger partial charge < -0.3 is 5.32 Å². The standard InChI is InChI=1S/C14H19BrClN/c1-10(11-4-2-3-5-11)17-9-12-6-7-13(15)8-14(12)16/h6-8,10-11,17H,2-5,9H2,1H3/t10-/m0/s1. The summed E-state index contributed by atoms with van der Waals surface area (Å²) in [5.74, 6) is 0.851. The van der Waals surface area contributed by atoms with Gasteiger partial charge >= 0.3 is 0 Å². The van der Waals surface area contributed by atoms with Crippen molar-refractivity contribution in [2.75, 3.05) is 0 Å². The summed E-state index contributed by atoms with van der Waals surface area (Å²) in [4.78, 5) is 0. The minimum absolute atomic E-state index is 0.595. The third-order valence-electron chi connectivity index (χ3n) is 3.74. The molecule has 17 heavy (non-hydrogen) atoms. The van der Waals surface area contributed by atoms with Crippen LogP contribution < -0.4 is 5.32 Å². The fraction of sp³-hybridized carbons (Fsp3) is 0.571. The smallest absolute Gasteiger partial charge is 0.0462 e. The minimum Gasteiger partial charge on any atom is -0.310 e. The van der Waals surface area contributed by atoms with E-state index in [9.17, 15) is 0 Å². The molecule has 1 aromatic carbocycles. The van der Waals surface area contributed by atoms with E-state index < -0.39 is 0 Å². The van der Waals surface area contributed by atoms with Crippen molar-refractivity contribution in [2.45, 2.75) is 45.2 Å². The zero-order chi connectivity index (χ0) is 12.3. The lowest BCUT2D eigenvalue weighted by Crippen LogP contribution is -2.31. The highest BCUT2D eigenvalue weighted by Crippen LogP contribution is 2.28. The second-order valence-corrected chi connectivity index (χ2v) is 6.27. The summed E-state index contributed by atoms with van der Waals surface area (Å²) < 4.78 is 1.04. The normalized spacial score (nSPS) is 18.5. The van der Waals surface area contributed by atoms with Crippen LogP contribution in [-0.2, 0) is 6.54 Å². The van der Waals surface area contributed by atoms with Crippen molar-refractivity contribution < 1.29 is 0 Å². The topological polar surface area (TPSA) is 12.0 Å². The van der Waals surface area contributed by atoms with Gasteiger partial charge in [0.15, 0.2) is 0 Å². The van der Waals surface area contributed by atoms with E-state index in [4.69, 9.17) is 11.6 Å². The Morgan fingerprint density at radius 2 is 2.12 bits per heavy atom. The number of rotatable bonds is 4. The van der Waals surface area contributed by atoms with Crippen molar-refractivity contribution in [3.05, 3.63) is 33.3 Å². The summed E-state index contributed by atoms with van der Waals surface area (Å²) in [7, 11) is 0. The molecular formula is C14H19BrClN. The number of halogens is 2. The molecule has 1 saturated carbocycles. The molecule has 3 heteroatoms. The molecule has 0 saturated heterocycles. The summed E-state index contributed by atoms with van der Waals surface area (Å²) in [5.41, 5.74) is 1.18. The van der Waals surface area contributed by atoms with Crippen molar-refractivity contribution in [3.8, 4) is 0 Å². The van der Waals surface area contributed by atoms with Crippen LogP contribution in [0.1, 0.15) is 38.2 Å². The third kappa shape index (κ3) is 3.70. The molecular weight excluding hydrogens is 298 g/mol. The second-order valence-electron chi connectivity index (χ2n) is 4.95. The molecule has 0 radical (unpaired) electrons. The first-order valence-corrected chi connectivity index (χ1v) is 7.51. The van der Waals surface area contributed by atoms with Crippen LogP contribution in [0.25, 0.3) is 0 Å². The lowest BCUT2D eigenvalue weighted by molar-refractivity contribution is 0.380. The molecule has 1 N–H and O–H groups in total. The molecule has 1 aliphatic rings. The van der Waals surface area contributed by atoms with Gasteiger partial charge in [-0.1, -0.05) is 46.4 Å². The van der Waals surface area contributed by atoms with Crippen LogP contribution in [0.4, 0.5) is 0 Å². The predicted molar refractivity (Wildman–Crippen MR) is 77.4 cm³/mol. The van der Waals surface area contributed by atoms with Gasteiger partial charge in [-0.3, -0.25) is 0 Å². The predicted octanol–water partition coefficient (Wildman–Crippen LogP) is 4.77. The van der Waals surface area contributed by atoms with E-state index in [0.717, 1.165) is 22.0 Å². The van der Waals surface area contributed by atoms with Crippen molar-refractivity contribution in [1.82, 2.24) is 5.32 Å². The fourth-order valence-corrected chi connectivity index (χ4v) is 3.30. The minimum atomic E-state index is 0.595. The molecule has 0 amide bonds. The third-order valence-corrected chi connectivity index (χ3v) is 4.58. The van der Waals surface area contributed by atoms with E-state index in [-0.39, 0.29) is 0 Å². The van der Waals surface area contributed by atoms with Crippen molar-refractivity contribution in [2.24, 2.45) is 5.92 Å². The molecule has 94 valence electrons. The zero-order valence-electron chi connectivity index (χ0n) is 10.2.